The summed E-state index contributed by atoms with van der Waals surface area (Å²) in [7, 11) is -3.93. The van der Waals surface area contributed by atoms with Gasteiger partial charge in [-0.25, -0.2) is 4.18 Å². The van der Waals surface area contributed by atoms with Crippen molar-refractivity contribution in [3.8, 4) is 0 Å². The van der Waals surface area contributed by atoms with Crippen LogP contribution in [-0.2, 0) is 14.3 Å². The average molecular weight is 344 g/mol. The van der Waals surface area contributed by atoms with Gasteiger partial charge in [-0.2, -0.15) is 13.4 Å². The number of aromatic nitrogens is 2. The number of hydrogen-bond donors (Lipinski definition) is 0. The maximum atomic E-state index is 12.4. The highest BCUT2D eigenvalue weighted by molar-refractivity contribution is 7.86. The highest BCUT2D eigenvalue weighted by Gasteiger charge is 2.21. The van der Waals surface area contributed by atoms with E-state index in [4.69, 9.17) is 4.18 Å². The molecule has 0 aliphatic heterocycles. The largest absolute Gasteiger partial charge is 0.304 e. The van der Waals surface area contributed by atoms with Crippen LogP contribution in [0.1, 0.15) is 18.7 Å². The average Bonchev–Trinajstić information content (AvgIpc) is 2.55. The van der Waals surface area contributed by atoms with Crippen molar-refractivity contribution in [1.82, 2.24) is 9.55 Å². The van der Waals surface area contributed by atoms with E-state index in [2.05, 4.69) is 4.98 Å². The predicted molar refractivity (Wildman–Crippen MR) is 90.2 cm³/mol. The van der Waals surface area contributed by atoms with Crippen LogP contribution in [0.15, 0.2) is 64.5 Å². The molecule has 0 bridgehead atoms. The summed E-state index contributed by atoms with van der Waals surface area (Å²) in [6, 6.07) is 13.3. The van der Waals surface area contributed by atoms with E-state index in [-0.39, 0.29) is 10.5 Å². The summed E-state index contributed by atoms with van der Waals surface area (Å²) >= 11 is 0. The van der Waals surface area contributed by atoms with Gasteiger partial charge in [-0.3, -0.25) is 4.79 Å². The Bertz CT molecular complexity index is 1040. The summed E-state index contributed by atoms with van der Waals surface area (Å²) in [4.78, 5) is 15.7. The third-order valence-corrected chi connectivity index (χ3v) is 5.06. The second-order valence-corrected chi connectivity index (χ2v) is 7.01. The minimum Gasteiger partial charge on any atom is -0.304 e. The minimum atomic E-state index is -3.93. The van der Waals surface area contributed by atoms with Crippen LogP contribution in [0.25, 0.3) is 10.9 Å². The Morgan fingerprint density at radius 2 is 1.75 bits per heavy atom. The zero-order valence-electron chi connectivity index (χ0n) is 13.2. The second-order valence-electron chi connectivity index (χ2n) is 5.44. The maximum absolute atomic E-state index is 12.4. The molecule has 2 aromatic carbocycles. The lowest BCUT2D eigenvalue weighted by Gasteiger charge is -2.18. The topological polar surface area (TPSA) is 78.3 Å². The molecule has 0 saturated carbocycles. The van der Waals surface area contributed by atoms with Crippen molar-refractivity contribution in [2.75, 3.05) is 0 Å². The van der Waals surface area contributed by atoms with Crippen molar-refractivity contribution >= 4 is 21.0 Å². The van der Waals surface area contributed by atoms with Gasteiger partial charge in [0.15, 0.2) is 6.23 Å². The van der Waals surface area contributed by atoms with Crippen LogP contribution in [0.5, 0.6) is 0 Å². The van der Waals surface area contributed by atoms with Gasteiger partial charge in [-0.15, -0.1) is 0 Å². The molecular weight excluding hydrogens is 328 g/mol. The fourth-order valence-corrected chi connectivity index (χ4v) is 3.45. The van der Waals surface area contributed by atoms with Gasteiger partial charge in [-0.05, 0) is 38.1 Å². The Hall–Kier alpha value is -2.51. The molecule has 0 amide bonds. The van der Waals surface area contributed by atoms with Crippen LogP contribution in [0.4, 0.5) is 0 Å². The number of benzene rings is 2. The van der Waals surface area contributed by atoms with Crippen molar-refractivity contribution in [3.63, 3.8) is 0 Å². The molecule has 1 aromatic heterocycles. The molecule has 0 spiro atoms. The molecule has 1 unspecified atom stereocenters. The van der Waals surface area contributed by atoms with Gasteiger partial charge in [0.1, 0.15) is 6.33 Å². The summed E-state index contributed by atoms with van der Waals surface area (Å²) in [5.74, 6) is 0. The number of para-hydroxylation sites is 1. The van der Waals surface area contributed by atoms with Crippen molar-refractivity contribution in [2.45, 2.75) is 25.0 Å². The lowest BCUT2D eigenvalue weighted by molar-refractivity contribution is 0.164. The third kappa shape index (κ3) is 3.08. The van der Waals surface area contributed by atoms with Crippen LogP contribution in [0.3, 0.4) is 0 Å². The van der Waals surface area contributed by atoms with Crippen molar-refractivity contribution in [3.05, 3.63) is 70.8 Å². The van der Waals surface area contributed by atoms with Crippen molar-refractivity contribution in [1.29, 1.82) is 0 Å². The Kier molecular flexibility index (Phi) is 4.21. The fourth-order valence-electron chi connectivity index (χ4n) is 2.41. The molecule has 6 nitrogen and oxygen atoms in total. The Labute approximate surface area is 139 Å². The van der Waals surface area contributed by atoms with E-state index < -0.39 is 16.3 Å². The normalized spacial score (nSPS) is 13.1. The van der Waals surface area contributed by atoms with E-state index in [0.717, 1.165) is 5.56 Å². The standard InChI is InChI=1S/C17H16N2O4S/c1-12-7-9-14(10-8-12)24(21,22)23-13(2)19-11-18-17(20)15-5-3-4-6-16(15)19/h3-11,13H,1-2H3. The number of fused-ring (bicyclic) bond motifs is 1. The summed E-state index contributed by atoms with van der Waals surface area (Å²) in [5, 5.41) is 0.406. The smallest absolute Gasteiger partial charge is 0.298 e. The van der Waals surface area contributed by atoms with E-state index in [1.807, 2.05) is 6.92 Å². The maximum Gasteiger partial charge on any atom is 0.298 e. The van der Waals surface area contributed by atoms with Crippen molar-refractivity contribution < 1.29 is 12.6 Å². The number of hydrogen-bond acceptors (Lipinski definition) is 5. The van der Waals surface area contributed by atoms with Gasteiger partial charge < -0.3 is 4.57 Å². The summed E-state index contributed by atoms with van der Waals surface area (Å²) < 4.78 is 31.6. The molecule has 0 fully saturated rings. The minimum absolute atomic E-state index is 0.0817. The van der Waals surface area contributed by atoms with Gasteiger partial charge in [0.05, 0.1) is 15.8 Å². The van der Waals surface area contributed by atoms with E-state index in [0.29, 0.717) is 10.9 Å². The van der Waals surface area contributed by atoms with E-state index in [1.165, 1.54) is 23.0 Å². The zero-order chi connectivity index (χ0) is 17.3. The lowest BCUT2D eigenvalue weighted by atomic mass is 10.2. The van der Waals surface area contributed by atoms with E-state index in [9.17, 15) is 13.2 Å². The quantitative estimate of drug-likeness (QED) is 0.680. The van der Waals surface area contributed by atoms with Gasteiger partial charge in [0.2, 0.25) is 0 Å². The van der Waals surface area contributed by atoms with Gasteiger partial charge in [-0.1, -0.05) is 29.8 Å². The van der Waals surface area contributed by atoms with E-state index in [1.54, 1.807) is 43.3 Å². The molecule has 124 valence electrons. The molecule has 1 heterocycles. The van der Waals surface area contributed by atoms with Gasteiger partial charge >= 0.3 is 0 Å². The molecule has 0 radical (unpaired) electrons. The summed E-state index contributed by atoms with van der Waals surface area (Å²) in [6.45, 7) is 3.46. The molecule has 1 atom stereocenters. The molecule has 3 rings (SSSR count). The first kappa shape index (κ1) is 16.4. The molecule has 24 heavy (non-hydrogen) atoms. The van der Waals surface area contributed by atoms with Crippen LogP contribution < -0.4 is 5.56 Å². The van der Waals surface area contributed by atoms with Crippen LogP contribution in [-0.4, -0.2) is 18.0 Å². The molecule has 0 N–H and O–H groups in total. The lowest BCUT2D eigenvalue weighted by Crippen LogP contribution is -2.19. The summed E-state index contributed by atoms with van der Waals surface area (Å²) in [5.41, 5.74) is 1.15. The predicted octanol–water partition coefficient (Wildman–Crippen LogP) is 2.63. The second kappa shape index (κ2) is 6.18. The number of rotatable bonds is 4. The Morgan fingerprint density at radius 1 is 1.08 bits per heavy atom. The van der Waals surface area contributed by atoms with Crippen LogP contribution in [0.2, 0.25) is 0 Å². The van der Waals surface area contributed by atoms with Crippen LogP contribution in [0, 0.1) is 6.92 Å². The third-order valence-electron chi connectivity index (χ3n) is 3.68. The fraction of sp³-hybridized carbons (Fsp3) is 0.176. The molecule has 0 aliphatic carbocycles. The zero-order valence-corrected chi connectivity index (χ0v) is 14.0. The highest BCUT2D eigenvalue weighted by atomic mass is 32.2. The molecule has 3 aromatic rings. The first-order chi connectivity index (χ1) is 11.4. The molecule has 0 aliphatic rings. The number of nitrogens with zero attached hydrogens (tertiary/aromatic N) is 2. The SMILES string of the molecule is Cc1ccc(S(=O)(=O)OC(C)n2cnc(=O)c3ccccc32)cc1. The van der Waals surface area contributed by atoms with Gasteiger partial charge in [0.25, 0.3) is 15.7 Å². The highest BCUT2D eigenvalue weighted by Crippen LogP contribution is 2.21. The first-order valence-corrected chi connectivity index (χ1v) is 8.75. The summed E-state index contributed by atoms with van der Waals surface area (Å²) in [6.07, 6.45) is 0.439. The Balaban J connectivity index is 1.98. The van der Waals surface area contributed by atoms with Gasteiger partial charge in [0, 0.05) is 0 Å². The molecular formula is C17H16N2O4S. The number of aryl methyl sites for hydroxylation is 1. The molecule has 7 heteroatoms. The monoisotopic (exact) mass is 344 g/mol. The van der Waals surface area contributed by atoms with Crippen LogP contribution >= 0.6 is 0 Å². The first-order valence-electron chi connectivity index (χ1n) is 7.34. The molecule has 0 saturated heterocycles. The Morgan fingerprint density at radius 3 is 2.46 bits per heavy atom. The van der Waals surface area contributed by atoms with Crippen molar-refractivity contribution in [2.24, 2.45) is 0 Å². The van der Waals surface area contributed by atoms with E-state index >= 15 is 0 Å².